The van der Waals surface area contributed by atoms with Crippen molar-refractivity contribution in [1.29, 1.82) is 0 Å². The Bertz CT molecular complexity index is 1070. The van der Waals surface area contributed by atoms with Crippen molar-refractivity contribution in [2.45, 2.75) is 6.54 Å². The van der Waals surface area contributed by atoms with Crippen LogP contribution in [0.2, 0.25) is 0 Å². The van der Waals surface area contributed by atoms with E-state index < -0.39 is 16.8 Å². The van der Waals surface area contributed by atoms with Crippen molar-refractivity contribution in [3.8, 4) is 0 Å². The smallest absolute Gasteiger partial charge is 0.325 e. The van der Waals surface area contributed by atoms with Crippen LogP contribution in [-0.4, -0.2) is 77.1 Å². The number of nitro benzene ring substituents is 1. The third kappa shape index (κ3) is 5.89. The van der Waals surface area contributed by atoms with Crippen LogP contribution < -0.4 is 4.80 Å². The largest absolute Gasteiger partial charge is 0.468 e. The molecule has 2 heterocycles. The lowest BCUT2D eigenvalue weighted by Gasteiger charge is -2.26. The zero-order valence-corrected chi connectivity index (χ0v) is 18.3. The lowest BCUT2D eigenvalue weighted by molar-refractivity contribution is -0.384. The molecule has 3 rings (SSSR count). The molecule has 1 aliphatic heterocycles. The van der Waals surface area contributed by atoms with Gasteiger partial charge in [-0.3, -0.25) is 24.5 Å². The molecule has 2 amide bonds. The topological polar surface area (TPSA) is 133 Å². The number of carbonyl (C=O) groups excluding carboxylic acids is 3. The molecule has 1 aromatic heterocycles. The predicted molar refractivity (Wildman–Crippen MR) is 114 cm³/mol. The van der Waals surface area contributed by atoms with Gasteiger partial charge >= 0.3 is 5.97 Å². The van der Waals surface area contributed by atoms with E-state index in [1.165, 1.54) is 29.9 Å². The summed E-state index contributed by atoms with van der Waals surface area (Å²) < 4.78 is 11.9. The van der Waals surface area contributed by atoms with Gasteiger partial charge < -0.3 is 18.9 Å². The minimum absolute atomic E-state index is 0.0112. The van der Waals surface area contributed by atoms with Gasteiger partial charge in [0.15, 0.2) is 4.80 Å². The normalized spacial score (nSPS) is 14.6. The summed E-state index contributed by atoms with van der Waals surface area (Å²) in [6.07, 6.45) is 0. The number of amides is 2. The first kappa shape index (κ1) is 22.9. The van der Waals surface area contributed by atoms with E-state index in [4.69, 9.17) is 9.47 Å². The number of nitro groups is 1. The van der Waals surface area contributed by atoms with Crippen molar-refractivity contribution in [2.75, 3.05) is 44.9 Å². The molecule has 13 heteroatoms. The highest BCUT2D eigenvalue weighted by atomic mass is 32.2. The Morgan fingerprint density at radius 1 is 1.29 bits per heavy atom. The van der Waals surface area contributed by atoms with E-state index in [1.54, 1.807) is 4.90 Å². The summed E-state index contributed by atoms with van der Waals surface area (Å²) in [5, 5.41) is 11.0. The molecule has 1 aliphatic rings. The molecule has 1 aromatic carbocycles. The maximum Gasteiger partial charge on any atom is 0.325 e. The van der Waals surface area contributed by atoms with E-state index in [2.05, 4.69) is 4.99 Å². The van der Waals surface area contributed by atoms with Crippen LogP contribution in [0.1, 0.15) is 0 Å². The average molecular weight is 469 g/mol. The number of rotatable bonds is 7. The molecular weight excluding hydrogens is 448 g/mol. The van der Waals surface area contributed by atoms with Crippen LogP contribution >= 0.6 is 23.1 Å². The first-order valence-corrected chi connectivity index (χ1v) is 11.2. The Balaban J connectivity index is 1.76. The van der Waals surface area contributed by atoms with E-state index in [9.17, 15) is 24.5 Å². The van der Waals surface area contributed by atoms with Gasteiger partial charge in [0, 0.05) is 25.2 Å². The average Bonchev–Trinajstić information content (AvgIpc) is 3.09. The summed E-state index contributed by atoms with van der Waals surface area (Å²) in [6, 6.07) is 4.20. The molecule has 31 heavy (non-hydrogen) atoms. The van der Waals surface area contributed by atoms with Crippen LogP contribution in [0.3, 0.4) is 0 Å². The molecule has 0 spiro atoms. The van der Waals surface area contributed by atoms with Gasteiger partial charge in [0.1, 0.15) is 6.54 Å². The summed E-state index contributed by atoms with van der Waals surface area (Å²) in [7, 11) is 1.24. The number of thioether (sulfide) groups is 1. The minimum Gasteiger partial charge on any atom is -0.468 e. The second-order valence-corrected chi connectivity index (χ2v) is 8.44. The van der Waals surface area contributed by atoms with E-state index in [0.717, 1.165) is 23.1 Å². The fourth-order valence-electron chi connectivity index (χ4n) is 2.88. The standard InChI is InChI=1S/C18H20N4O7S2/c1-28-17(25)9-21-13-3-2-12(22(26)27)8-14(13)31-18(21)19-15(23)10-30-11-16(24)20-4-6-29-7-5-20/h2-3,8H,4-7,9-11H2,1H3. The van der Waals surface area contributed by atoms with Crippen molar-refractivity contribution < 1.29 is 28.8 Å². The zero-order chi connectivity index (χ0) is 22.4. The molecular formula is C18H20N4O7S2. The number of methoxy groups -OCH3 is 1. The van der Waals surface area contributed by atoms with Gasteiger partial charge in [-0.2, -0.15) is 4.99 Å². The Morgan fingerprint density at radius 3 is 2.71 bits per heavy atom. The van der Waals surface area contributed by atoms with Gasteiger partial charge in [-0.15, -0.1) is 11.8 Å². The van der Waals surface area contributed by atoms with Gasteiger partial charge in [-0.25, -0.2) is 0 Å². The van der Waals surface area contributed by atoms with E-state index >= 15 is 0 Å². The van der Waals surface area contributed by atoms with Crippen molar-refractivity contribution in [2.24, 2.45) is 4.99 Å². The fourth-order valence-corrected chi connectivity index (χ4v) is 4.65. The molecule has 0 aliphatic carbocycles. The number of esters is 1. The van der Waals surface area contributed by atoms with E-state index in [0.29, 0.717) is 36.5 Å². The molecule has 11 nitrogen and oxygen atoms in total. The van der Waals surface area contributed by atoms with E-state index in [-0.39, 0.29) is 34.4 Å². The van der Waals surface area contributed by atoms with Crippen molar-refractivity contribution >= 4 is 56.8 Å². The Kier molecular flexibility index (Phi) is 7.76. The molecule has 0 radical (unpaired) electrons. The van der Waals surface area contributed by atoms with Crippen LogP contribution in [0.15, 0.2) is 23.2 Å². The lowest BCUT2D eigenvalue weighted by atomic mass is 10.3. The highest BCUT2D eigenvalue weighted by Crippen LogP contribution is 2.23. The molecule has 0 unspecified atom stereocenters. The number of carbonyl (C=O) groups is 3. The molecule has 0 saturated carbocycles. The summed E-state index contributed by atoms with van der Waals surface area (Å²) in [4.78, 5) is 52.8. The number of hydrogen-bond acceptors (Lipinski definition) is 9. The monoisotopic (exact) mass is 468 g/mol. The second-order valence-electron chi connectivity index (χ2n) is 6.45. The third-order valence-electron chi connectivity index (χ3n) is 4.43. The summed E-state index contributed by atoms with van der Waals surface area (Å²) >= 11 is 2.22. The Labute approximate surface area is 184 Å². The third-order valence-corrected chi connectivity index (χ3v) is 6.37. The number of benzene rings is 1. The number of non-ortho nitro benzene ring substituents is 1. The quantitative estimate of drug-likeness (QED) is 0.331. The Morgan fingerprint density at radius 2 is 2.03 bits per heavy atom. The van der Waals surface area contributed by atoms with Crippen molar-refractivity contribution in [3.63, 3.8) is 0 Å². The molecule has 1 fully saturated rings. The maximum atomic E-state index is 12.4. The highest BCUT2D eigenvalue weighted by Gasteiger charge is 2.18. The summed E-state index contributed by atoms with van der Waals surface area (Å²) in [5.74, 6) is -0.932. The number of thiazole rings is 1. The SMILES string of the molecule is COC(=O)Cn1c(=NC(=O)CSCC(=O)N2CCOCC2)sc2cc([N+](=O)[O-])ccc21. The van der Waals surface area contributed by atoms with E-state index in [1.807, 2.05) is 0 Å². The van der Waals surface area contributed by atoms with Crippen LogP contribution in [0.4, 0.5) is 5.69 Å². The molecule has 0 atom stereocenters. The lowest BCUT2D eigenvalue weighted by Crippen LogP contribution is -2.41. The summed E-state index contributed by atoms with van der Waals surface area (Å²) in [5.41, 5.74) is 0.428. The van der Waals surface area contributed by atoms with Crippen molar-refractivity contribution in [3.05, 3.63) is 33.1 Å². The number of morpholine rings is 1. The zero-order valence-electron chi connectivity index (χ0n) is 16.6. The van der Waals surface area contributed by atoms with Crippen LogP contribution in [0.25, 0.3) is 10.2 Å². The number of hydrogen-bond donors (Lipinski definition) is 0. The van der Waals surface area contributed by atoms with Crippen LogP contribution in [-0.2, 0) is 30.4 Å². The van der Waals surface area contributed by atoms with Crippen LogP contribution in [0.5, 0.6) is 0 Å². The van der Waals surface area contributed by atoms with Gasteiger partial charge in [-0.05, 0) is 6.07 Å². The van der Waals surface area contributed by atoms with Gasteiger partial charge in [0.2, 0.25) is 5.91 Å². The van der Waals surface area contributed by atoms with Gasteiger partial charge in [0.25, 0.3) is 11.6 Å². The number of ether oxygens (including phenoxy) is 2. The molecule has 2 aromatic rings. The van der Waals surface area contributed by atoms with Gasteiger partial charge in [0.05, 0.1) is 47.0 Å². The molecule has 0 bridgehead atoms. The first-order valence-electron chi connectivity index (χ1n) is 9.24. The predicted octanol–water partition coefficient (Wildman–Crippen LogP) is 0.803. The second kappa shape index (κ2) is 10.5. The highest BCUT2D eigenvalue weighted by molar-refractivity contribution is 8.00. The number of fused-ring (bicyclic) bond motifs is 1. The summed E-state index contributed by atoms with van der Waals surface area (Å²) in [6.45, 7) is 1.91. The molecule has 1 saturated heterocycles. The number of aromatic nitrogens is 1. The molecule has 166 valence electrons. The minimum atomic E-state index is -0.544. The van der Waals surface area contributed by atoms with Gasteiger partial charge in [-0.1, -0.05) is 11.3 Å². The Hall–Kier alpha value is -2.77. The maximum absolute atomic E-state index is 12.4. The van der Waals surface area contributed by atoms with Crippen molar-refractivity contribution in [1.82, 2.24) is 9.47 Å². The fraction of sp³-hybridized carbons (Fsp3) is 0.444. The van der Waals surface area contributed by atoms with Crippen LogP contribution in [0, 0.1) is 10.1 Å². The number of nitrogens with zero attached hydrogens (tertiary/aromatic N) is 4. The molecule has 0 N–H and O–H groups in total. The first-order chi connectivity index (χ1) is 14.9.